The maximum absolute atomic E-state index is 13.1. The molecule has 2 aliphatic heterocycles. The van der Waals surface area contributed by atoms with Gasteiger partial charge in [-0.1, -0.05) is 12.1 Å². The minimum atomic E-state index is -0.257. The molecule has 1 saturated heterocycles. The summed E-state index contributed by atoms with van der Waals surface area (Å²) in [6, 6.07) is 12.5. The second kappa shape index (κ2) is 12.0. The molecule has 5 rings (SSSR count). The summed E-state index contributed by atoms with van der Waals surface area (Å²) in [6.07, 6.45) is 4.19. The highest BCUT2D eigenvalue weighted by molar-refractivity contribution is 6.35. The number of likely N-dealkylation sites (tertiary alicyclic amines) is 1. The van der Waals surface area contributed by atoms with Crippen LogP contribution in [0.5, 0.6) is 5.75 Å². The van der Waals surface area contributed by atoms with E-state index in [2.05, 4.69) is 25.8 Å². The lowest BCUT2D eigenvalue weighted by Gasteiger charge is -2.15. The molecule has 3 amide bonds. The van der Waals surface area contributed by atoms with Gasteiger partial charge in [0.15, 0.2) is 0 Å². The summed E-state index contributed by atoms with van der Waals surface area (Å²) in [5, 5.41) is 8.95. The van der Waals surface area contributed by atoms with Crippen LogP contribution in [-0.2, 0) is 4.79 Å². The van der Waals surface area contributed by atoms with Gasteiger partial charge in [0.1, 0.15) is 5.75 Å². The average molecular weight is 556 g/mol. The monoisotopic (exact) mass is 555 g/mol. The summed E-state index contributed by atoms with van der Waals surface area (Å²) in [4.78, 5) is 44.7. The van der Waals surface area contributed by atoms with Crippen molar-refractivity contribution in [3.05, 3.63) is 81.7 Å². The van der Waals surface area contributed by atoms with Crippen LogP contribution in [-0.4, -0.2) is 60.9 Å². The van der Waals surface area contributed by atoms with Crippen molar-refractivity contribution < 1.29 is 19.1 Å². The molecule has 214 valence electrons. The Kier molecular flexibility index (Phi) is 8.26. The van der Waals surface area contributed by atoms with Crippen molar-refractivity contribution in [2.45, 2.75) is 39.7 Å². The van der Waals surface area contributed by atoms with Gasteiger partial charge in [-0.2, -0.15) is 0 Å². The van der Waals surface area contributed by atoms with Gasteiger partial charge in [0.2, 0.25) is 0 Å². The molecule has 1 fully saturated rings. The number of hydrogen-bond donors (Lipinski definition) is 4. The Hall–Kier alpha value is -4.37. The zero-order valence-electron chi connectivity index (χ0n) is 24.0. The molecule has 9 nitrogen and oxygen atoms in total. The summed E-state index contributed by atoms with van der Waals surface area (Å²) in [7, 11) is 1.61. The first-order chi connectivity index (χ1) is 19.7. The fourth-order valence-electron chi connectivity index (χ4n) is 5.55. The number of aryl methyl sites for hydroxylation is 1. The maximum atomic E-state index is 13.1. The molecule has 0 aliphatic carbocycles. The molecule has 3 heterocycles. The van der Waals surface area contributed by atoms with Gasteiger partial charge in [-0.25, -0.2) is 0 Å². The Bertz CT molecular complexity index is 1500. The number of ether oxygens (including phenoxy) is 1. The lowest BCUT2D eigenvalue weighted by molar-refractivity contribution is -0.110. The second-order valence-corrected chi connectivity index (χ2v) is 10.7. The number of nitrogens with one attached hydrogen (secondary N) is 4. The third-order valence-electron chi connectivity index (χ3n) is 7.93. The minimum absolute atomic E-state index is 0.124. The number of methoxy groups -OCH3 is 1. The number of rotatable bonds is 9. The Labute approximate surface area is 240 Å². The third-order valence-corrected chi connectivity index (χ3v) is 7.93. The van der Waals surface area contributed by atoms with Crippen molar-refractivity contribution in [2.24, 2.45) is 0 Å². The molecule has 3 aromatic rings. The molecule has 0 saturated carbocycles. The zero-order valence-corrected chi connectivity index (χ0v) is 24.0. The number of carbonyl (C=O) groups excluding carboxylic acids is 3. The first-order valence-electron chi connectivity index (χ1n) is 14.1. The van der Waals surface area contributed by atoms with Crippen molar-refractivity contribution in [3.63, 3.8) is 0 Å². The predicted octanol–water partition coefficient (Wildman–Crippen LogP) is 4.45. The van der Waals surface area contributed by atoms with Crippen LogP contribution in [0.3, 0.4) is 0 Å². The number of fused-ring (bicyclic) bond motifs is 1. The summed E-state index contributed by atoms with van der Waals surface area (Å²) in [6.45, 7) is 9.27. The standard InChI is InChI=1S/C32H37N5O4/c1-19-28(34-21(3)29(19)32(40)33-13-16-37-14-5-6-15-37)18-26-25-17-23(9-12-27(25)36-31(26)39)30(38)35-20(2)22-7-10-24(41-4)11-8-22/h7-12,17-18,20,34H,5-6,13-16H2,1-4H3,(H,33,40)(H,35,38)(H,36,39)/t20-/m0/s1. The lowest BCUT2D eigenvalue weighted by atomic mass is 10.0. The van der Waals surface area contributed by atoms with Crippen LogP contribution in [0.1, 0.15) is 74.6 Å². The van der Waals surface area contributed by atoms with Crippen molar-refractivity contribution in [1.29, 1.82) is 0 Å². The molecule has 0 radical (unpaired) electrons. The molecule has 4 N–H and O–H groups in total. The molecule has 0 bridgehead atoms. The third kappa shape index (κ3) is 6.05. The summed E-state index contributed by atoms with van der Waals surface area (Å²) in [5.74, 6) is 0.128. The van der Waals surface area contributed by atoms with Gasteiger partial charge in [-0.15, -0.1) is 0 Å². The Morgan fingerprint density at radius 1 is 1.07 bits per heavy atom. The van der Waals surface area contributed by atoms with E-state index < -0.39 is 0 Å². The fourth-order valence-corrected chi connectivity index (χ4v) is 5.55. The number of aromatic nitrogens is 1. The van der Waals surface area contributed by atoms with Crippen LogP contribution in [0.15, 0.2) is 42.5 Å². The van der Waals surface area contributed by atoms with E-state index in [4.69, 9.17) is 4.74 Å². The summed E-state index contributed by atoms with van der Waals surface area (Å²) < 4.78 is 5.21. The molecular formula is C32H37N5O4. The molecule has 2 aromatic carbocycles. The molecule has 1 atom stereocenters. The molecule has 0 unspecified atom stereocenters. The van der Waals surface area contributed by atoms with Crippen molar-refractivity contribution in [3.8, 4) is 5.75 Å². The Morgan fingerprint density at radius 3 is 2.51 bits per heavy atom. The molecule has 1 aromatic heterocycles. The number of anilines is 1. The van der Waals surface area contributed by atoms with Gasteiger partial charge >= 0.3 is 0 Å². The number of hydrogen-bond acceptors (Lipinski definition) is 5. The van der Waals surface area contributed by atoms with Crippen LogP contribution in [0, 0.1) is 13.8 Å². The highest BCUT2D eigenvalue weighted by atomic mass is 16.5. The van der Waals surface area contributed by atoms with Gasteiger partial charge in [-0.05, 0) is 94.2 Å². The first kappa shape index (κ1) is 28.2. The van der Waals surface area contributed by atoms with Crippen LogP contribution in [0.25, 0.3) is 11.6 Å². The van der Waals surface area contributed by atoms with E-state index in [0.29, 0.717) is 40.2 Å². The lowest BCUT2D eigenvalue weighted by Crippen LogP contribution is -2.33. The number of amides is 3. The van der Waals surface area contributed by atoms with E-state index >= 15 is 0 Å². The van der Waals surface area contributed by atoms with Crippen LogP contribution >= 0.6 is 0 Å². The second-order valence-electron chi connectivity index (χ2n) is 10.7. The number of aromatic amines is 1. The van der Waals surface area contributed by atoms with E-state index in [1.54, 1.807) is 31.4 Å². The Morgan fingerprint density at radius 2 is 1.80 bits per heavy atom. The largest absolute Gasteiger partial charge is 0.497 e. The average Bonchev–Trinajstić information content (AvgIpc) is 3.66. The first-order valence-corrected chi connectivity index (χ1v) is 14.1. The number of carbonyl (C=O) groups is 3. The van der Waals surface area contributed by atoms with Crippen molar-refractivity contribution in [2.75, 3.05) is 38.6 Å². The van der Waals surface area contributed by atoms with Crippen LogP contribution in [0.4, 0.5) is 5.69 Å². The number of nitrogens with zero attached hydrogens (tertiary/aromatic N) is 1. The zero-order chi connectivity index (χ0) is 29.1. The van der Waals surface area contributed by atoms with Crippen LogP contribution in [0.2, 0.25) is 0 Å². The van der Waals surface area contributed by atoms with Gasteiger partial charge in [0.25, 0.3) is 17.7 Å². The van der Waals surface area contributed by atoms with E-state index in [-0.39, 0.29) is 23.8 Å². The van der Waals surface area contributed by atoms with Crippen molar-refractivity contribution in [1.82, 2.24) is 20.5 Å². The minimum Gasteiger partial charge on any atom is -0.497 e. The van der Waals surface area contributed by atoms with E-state index in [1.165, 1.54) is 12.8 Å². The molecule has 2 aliphatic rings. The highest BCUT2D eigenvalue weighted by Gasteiger charge is 2.27. The molecule has 0 spiro atoms. The number of benzene rings is 2. The van der Waals surface area contributed by atoms with E-state index in [1.807, 2.05) is 45.0 Å². The number of H-pyrrole nitrogens is 1. The van der Waals surface area contributed by atoms with Gasteiger partial charge in [0, 0.05) is 41.3 Å². The van der Waals surface area contributed by atoms with Gasteiger partial charge in [-0.3, -0.25) is 14.4 Å². The molecule has 41 heavy (non-hydrogen) atoms. The molecule has 9 heteroatoms. The quantitative estimate of drug-likeness (QED) is 0.291. The summed E-state index contributed by atoms with van der Waals surface area (Å²) in [5.41, 5.74) is 5.92. The fraction of sp³-hybridized carbons (Fsp3) is 0.344. The smallest absolute Gasteiger partial charge is 0.256 e. The van der Waals surface area contributed by atoms with Crippen LogP contribution < -0.4 is 20.7 Å². The summed E-state index contributed by atoms with van der Waals surface area (Å²) >= 11 is 0. The van der Waals surface area contributed by atoms with Gasteiger partial charge < -0.3 is 30.6 Å². The SMILES string of the molecule is COc1ccc([C@H](C)NC(=O)c2ccc3c(c2)C(=Cc2[nH]c(C)c(C(=O)NCCN4CCCC4)c2C)C(=O)N3)cc1. The van der Waals surface area contributed by atoms with Gasteiger partial charge in [0.05, 0.1) is 24.3 Å². The predicted molar refractivity (Wildman–Crippen MR) is 160 cm³/mol. The van der Waals surface area contributed by atoms with E-state index in [9.17, 15) is 14.4 Å². The topological polar surface area (TPSA) is 116 Å². The van der Waals surface area contributed by atoms with E-state index in [0.717, 1.165) is 42.2 Å². The van der Waals surface area contributed by atoms with Crippen molar-refractivity contribution >= 4 is 35.1 Å². The Balaban J connectivity index is 1.32. The molecular weight excluding hydrogens is 518 g/mol. The normalized spacial score (nSPS) is 16.4. The highest BCUT2D eigenvalue weighted by Crippen LogP contribution is 2.35. The maximum Gasteiger partial charge on any atom is 0.256 e.